The Morgan fingerprint density at radius 2 is 0.688 bits per heavy atom. The molecule has 3 fully saturated rings. The van der Waals surface area contributed by atoms with Crippen LogP contribution in [-0.4, -0.2) is 65.7 Å². The van der Waals surface area contributed by atoms with Gasteiger partial charge >= 0.3 is 14.8 Å². The molecule has 0 aromatic carbocycles. The molecule has 0 spiro atoms. The van der Waals surface area contributed by atoms with Gasteiger partial charge in [-0.3, -0.25) is 0 Å². The van der Waals surface area contributed by atoms with Gasteiger partial charge in [0.25, 0.3) is 0 Å². The third-order valence-electron chi connectivity index (χ3n) is 4.40. The van der Waals surface area contributed by atoms with Gasteiger partial charge in [0.1, 0.15) is 0 Å². The fourth-order valence-corrected chi connectivity index (χ4v) is 7.48. The van der Waals surface area contributed by atoms with Crippen molar-refractivity contribution in [1.82, 2.24) is 11.7 Å². The van der Waals surface area contributed by atoms with Crippen molar-refractivity contribution in [2.24, 2.45) is 0 Å². The summed E-state index contributed by atoms with van der Waals surface area (Å²) in [5, 5.41) is 0. The van der Waals surface area contributed by atoms with Crippen molar-refractivity contribution >= 4 is 14.8 Å². The van der Waals surface area contributed by atoms with Gasteiger partial charge in [0.05, 0.1) is 0 Å². The largest absolute Gasteiger partial charge is 0.609 e. The smallest absolute Gasteiger partial charge is 0.357 e. The van der Waals surface area contributed by atoms with Gasteiger partial charge in [0, 0.05) is 0 Å². The molecule has 0 atom stereocenters. The van der Waals surface area contributed by atoms with Crippen LogP contribution >= 0.6 is 0 Å². The number of hydrogen-bond donors (Lipinski definition) is 0. The van der Waals surface area contributed by atoms with Gasteiger partial charge in [-0.2, -0.15) is 0 Å². The summed E-state index contributed by atoms with van der Waals surface area (Å²) in [4.78, 5) is 0. The predicted molar refractivity (Wildman–Crippen MR) is 68.2 cm³/mol. The highest BCUT2D eigenvalue weighted by Crippen LogP contribution is 2.22. The molecule has 90 valence electrons. The predicted octanol–water partition coefficient (Wildman–Crippen LogP) is 1.26. The maximum absolute atomic E-state index is 2.87. The molecule has 3 nitrogen and oxygen atoms in total. The van der Waals surface area contributed by atoms with E-state index < -0.39 is 14.8 Å². The first-order valence-corrected chi connectivity index (χ1v) is 8.72. The molecular formula is C12H24AlN3. The molecule has 0 unspecified atom stereocenters. The van der Waals surface area contributed by atoms with Crippen LogP contribution in [0.1, 0.15) is 38.5 Å². The molecule has 16 heavy (non-hydrogen) atoms. The molecule has 0 aliphatic carbocycles. The van der Waals surface area contributed by atoms with Gasteiger partial charge in [-0.1, -0.05) is 0 Å². The maximum atomic E-state index is 2.87. The van der Waals surface area contributed by atoms with Crippen molar-refractivity contribution in [3.05, 3.63) is 0 Å². The Bertz CT molecular complexity index is 180. The summed E-state index contributed by atoms with van der Waals surface area (Å²) in [5.74, 6) is 0. The van der Waals surface area contributed by atoms with Crippen molar-refractivity contribution in [3.63, 3.8) is 0 Å². The van der Waals surface area contributed by atoms with E-state index in [1.807, 2.05) is 0 Å². The van der Waals surface area contributed by atoms with Crippen LogP contribution in [0, 0.1) is 0 Å². The Balaban J connectivity index is 1.70. The second-order valence-corrected chi connectivity index (χ2v) is 8.46. The fraction of sp³-hybridized carbons (Fsp3) is 1.00. The van der Waals surface area contributed by atoms with E-state index in [9.17, 15) is 0 Å². The molecule has 3 rings (SSSR count). The Labute approximate surface area is 104 Å². The van der Waals surface area contributed by atoms with Crippen LogP contribution in [0.5, 0.6) is 0 Å². The van der Waals surface area contributed by atoms with Crippen LogP contribution in [0.15, 0.2) is 0 Å². The van der Waals surface area contributed by atoms with Crippen molar-refractivity contribution in [2.75, 3.05) is 39.3 Å². The standard InChI is InChI=1S/3C4H8N.Al/c3*1-2-4-5-3-1;/h3*1-4H2;/q3*-1;+3. The topological polar surface area (TPSA) is 9.72 Å². The first-order valence-electron chi connectivity index (χ1n) is 7.17. The molecule has 0 bridgehead atoms. The molecule has 0 saturated carbocycles. The van der Waals surface area contributed by atoms with Gasteiger partial charge < -0.3 is 11.7 Å². The molecule has 0 radical (unpaired) electrons. The van der Waals surface area contributed by atoms with E-state index in [4.69, 9.17) is 0 Å². The SMILES string of the molecule is C1CC[N]([Al]([N]2CCCC2)[N]2CCCC2)C1. The van der Waals surface area contributed by atoms with Gasteiger partial charge in [0.2, 0.25) is 0 Å². The molecule has 0 aromatic heterocycles. The molecule has 3 heterocycles. The van der Waals surface area contributed by atoms with Crippen molar-refractivity contribution < 1.29 is 0 Å². The van der Waals surface area contributed by atoms with Crippen LogP contribution in [0.3, 0.4) is 0 Å². The van der Waals surface area contributed by atoms with Crippen LogP contribution in [-0.2, 0) is 0 Å². The minimum Gasteiger partial charge on any atom is -0.357 e. The zero-order chi connectivity index (χ0) is 10.8. The lowest BCUT2D eigenvalue weighted by atomic mass is 10.4. The van der Waals surface area contributed by atoms with E-state index in [0.29, 0.717) is 0 Å². The Morgan fingerprint density at radius 1 is 0.438 bits per heavy atom. The Morgan fingerprint density at radius 3 is 0.938 bits per heavy atom. The molecule has 0 amide bonds. The minimum absolute atomic E-state index is 0.891. The molecule has 3 aliphatic heterocycles. The van der Waals surface area contributed by atoms with E-state index in [-0.39, 0.29) is 0 Å². The van der Waals surface area contributed by atoms with Crippen molar-refractivity contribution in [2.45, 2.75) is 38.5 Å². The summed E-state index contributed by atoms with van der Waals surface area (Å²) >= 11 is -0.891. The molecule has 0 aromatic rings. The van der Waals surface area contributed by atoms with Crippen LogP contribution < -0.4 is 0 Å². The summed E-state index contributed by atoms with van der Waals surface area (Å²) in [5.41, 5.74) is 0. The van der Waals surface area contributed by atoms with Crippen LogP contribution in [0.25, 0.3) is 0 Å². The molecular weight excluding hydrogens is 213 g/mol. The fourth-order valence-electron chi connectivity index (χ4n) is 3.61. The lowest BCUT2D eigenvalue weighted by molar-refractivity contribution is 0.336. The highest BCUT2D eigenvalue weighted by Gasteiger charge is 2.44. The van der Waals surface area contributed by atoms with Crippen molar-refractivity contribution in [3.8, 4) is 0 Å². The third-order valence-corrected chi connectivity index (χ3v) is 7.91. The summed E-state index contributed by atoms with van der Waals surface area (Å²) in [6, 6.07) is 0. The van der Waals surface area contributed by atoms with Gasteiger partial charge in [0.15, 0.2) is 0 Å². The van der Waals surface area contributed by atoms with E-state index >= 15 is 0 Å². The lowest BCUT2D eigenvalue weighted by Gasteiger charge is -2.35. The van der Waals surface area contributed by atoms with Crippen LogP contribution in [0.2, 0.25) is 0 Å². The normalized spacial score (nSPS) is 29.2. The number of hydrogen-bond acceptors (Lipinski definition) is 3. The summed E-state index contributed by atoms with van der Waals surface area (Å²) in [6.07, 6.45) is 8.70. The maximum Gasteiger partial charge on any atom is 0.609 e. The van der Waals surface area contributed by atoms with Gasteiger partial charge in [-0.15, -0.1) is 0 Å². The number of rotatable bonds is 3. The monoisotopic (exact) mass is 237 g/mol. The third kappa shape index (κ3) is 2.32. The summed E-state index contributed by atoms with van der Waals surface area (Å²) in [6.45, 7) is 8.36. The quantitative estimate of drug-likeness (QED) is 0.684. The van der Waals surface area contributed by atoms with Gasteiger partial charge in [-0.05, 0) is 77.8 Å². The minimum atomic E-state index is -0.891. The molecule has 3 saturated heterocycles. The van der Waals surface area contributed by atoms with E-state index in [1.54, 1.807) is 0 Å². The average molecular weight is 237 g/mol. The summed E-state index contributed by atoms with van der Waals surface area (Å²) < 4.78 is 8.62. The zero-order valence-corrected chi connectivity index (χ0v) is 11.6. The summed E-state index contributed by atoms with van der Waals surface area (Å²) in [7, 11) is 0. The zero-order valence-electron chi connectivity index (χ0n) is 10.4. The second-order valence-electron chi connectivity index (χ2n) is 5.58. The first-order chi connectivity index (χ1) is 7.95. The van der Waals surface area contributed by atoms with E-state index in [1.165, 1.54) is 77.8 Å². The molecule has 4 heteroatoms. The van der Waals surface area contributed by atoms with E-state index in [2.05, 4.69) is 11.7 Å². The highest BCUT2D eigenvalue weighted by atomic mass is 27.2. The Kier molecular flexibility index (Phi) is 3.86. The lowest BCUT2D eigenvalue weighted by Crippen LogP contribution is -2.60. The van der Waals surface area contributed by atoms with Gasteiger partial charge in [-0.25, -0.2) is 0 Å². The Hall–Kier alpha value is 0.412. The van der Waals surface area contributed by atoms with Crippen LogP contribution in [0.4, 0.5) is 0 Å². The second kappa shape index (κ2) is 5.37. The van der Waals surface area contributed by atoms with Crippen molar-refractivity contribution in [1.29, 1.82) is 0 Å². The average Bonchev–Trinajstić information content (AvgIpc) is 3.02. The highest BCUT2D eigenvalue weighted by molar-refractivity contribution is 6.49. The first kappa shape index (κ1) is 11.5. The molecule has 3 aliphatic rings. The number of nitrogens with zero attached hydrogens (tertiary/aromatic N) is 3. The molecule has 0 N–H and O–H groups in total. The van der Waals surface area contributed by atoms with E-state index in [0.717, 1.165) is 0 Å².